The quantitative estimate of drug-likeness (QED) is 0.143. The minimum atomic E-state index is -0.597. The number of hydrogen-bond acceptors (Lipinski definition) is 3. The Morgan fingerprint density at radius 2 is 0.952 bits per heavy atom. The van der Waals surface area contributed by atoms with E-state index in [1.165, 1.54) is 44.6 Å². The molecule has 0 N–H and O–H groups in total. The Labute approximate surface area is 364 Å². The molecule has 1 aliphatic carbocycles. The van der Waals surface area contributed by atoms with Crippen molar-refractivity contribution in [1.82, 2.24) is 0 Å². The highest BCUT2D eigenvalue weighted by molar-refractivity contribution is 5.91. The second kappa shape index (κ2) is 14.8. The second-order valence-electron chi connectivity index (χ2n) is 17.0. The molecule has 9 aromatic rings. The van der Waals surface area contributed by atoms with Gasteiger partial charge in [-0.1, -0.05) is 184 Å². The first-order chi connectivity index (χ1) is 30.4. The monoisotopic (exact) mass is 799 g/mol. The minimum Gasteiger partial charge on any atom is -0.449 e. The molecular formula is C59H45NO2. The minimum absolute atomic E-state index is 0.205. The molecule has 0 amide bonds. The van der Waals surface area contributed by atoms with E-state index in [0.29, 0.717) is 17.2 Å². The van der Waals surface area contributed by atoms with Gasteiger partial charge in [0.2, 0.25) is 0 Å². The molecule has 1 aliphatic heterocycles. The first-order valence-electron chi connectivity index (χ1n) is 21.4. The smallest absolute Gasteiger partial charge is 0.178 e. The van der Waals surface area contributed by atoms with Crippen LogP contribution in [-0.4, -0.2) is 0 Å². The maximum Gasteiger partial charge on any atom is 0.178 e. The summed E-state index contributed by atoms with van der Waals surface area (Å²) >= 11 is 0. The van der Waals surface area contributed by atoms with Gasteiger partial charge in [0.25, 0.3) is 0 Å². The number of rotatable bonds is 8. The number of anilines is 3. The van der Waals surface area contributed by atoms with Gasteiger partial charge in [0.15, 0.2) is 23.0 Å². The average Bonchev–Trinajstić information content (AvgIpc) is 3.57. The third-order valence-electron chi connectivity index (χ3n) is 13.1. The highest BCUT2D eigenvalue weighted by atomic mass is 16.6. The Morgan fingerprint density at radius 3 is 1.65 bits per heavy atom. The predicted octanol–water partition coefficient (Wildman–Crippen LogP) is 16.0. The summed E-state index contributed by atoms with van der Waals surface area (Å²) in [5.41, 5.74) is 15.7. The van der Waals surface area contributed by atoms with Crippen LogP contribution in [0.15, 0.2) is 218 Å². The Balaban J connectivity index is 1.09. The fraction of sp³-hybridized carbons (Fsp3) is 0.0847. The Bertz CT molecular complexity index is 3080. The van der Waals surface area contributed by atoms with Crippen molar-refractivity contribution in [2.24, 2.45) is 0 Å². The van der Waals surface area contributed by atoms with Gasteiger partial charge < -0.3 is 14.4 Å². The van der Waals surface area contributed by atoms with E-state index in [1.807, 2.05) is 24.3 Å². The summed E-state index contributed by atoms with van der Waals surface area (Å²) in [4.78, 5) is 2.45. The number of ether oxygens (including phenoxy) is 2. The van der Waals surface area contributed by atoms with Crippen molar-refractivity contribution in [2.45, 2.75) is 31.6 Å². The van der Waals surface area contributed by atoms with Gasteiger partial charge in [-0.15, -0.1) is 0 Å². The average molecular weight is 800 g/mol. The number of nitrogens with zero attached hydrogens (tertiary/aromatic N) is 1. The lowest BCUT2D eigenvalue weighted by Gasteiger charge is -2.36. The van der Waals surface area contributed by atoms with Crippen molar-refractivity contribution in [2.75, 3.05) is 4.90 Å². The zero-order chi connectivity index (χ0) is 41.8. The maximum absolute atomic E-state index is 6.80. The molecule has 1 unspecified atom stereocenters. The molecule has 1 atom stereocenters. The molecule has 11 rings (SSSR count). The van der Waals surface area contributed by atoms with E-state index >= 15 is 0 Å². The van der Waals surface area contributed by atoms with Crippen LogP contribution >= 0.6 is 0 Å². The van der Waals surface area contributed by atoms with Crippen LogP contribution in [0.1, 0.15) is 48.6 Å². The van der Waals surface area contributed by atoms with Crippen molar-refractivity contribution in [3.8, 4) is 56.4 Å². The maximum atomic E-state index is 6.80. The first kappa shape index (κ1) is 37.4. The third kappa shape index (κ3) is 6.03. The van der Waals surface area contributed by atoms with Crippen LogP contribution in [0, 0.1) is 0 Å². The highest BCUT2D eigenvalue weighted by Crippen LogP contribution is 2.56. The van der Waals surface area contributed by atoms with Crippen molar-refractivity contribution in [1.29, 1.82) is 0 Å². The van der Waals surface area contributed by atoms with Crippen LogP contribution in [-0.2, 0) is 10.8 Å². The fourth-order valence-corrected chi connectivity index (χ4v) is 9.96. The lowest BCUT2D eigenvalue weighted by Crippen LogP contribution is -2.27. The number of benzene rings is 9. The van der Waals surface area contributed by atoms with E-state index in [0.717, 1.165) is 39.4 Å². The molecule has 1 heterocycles. The Morgan fingerprint density at radius 1 is 0.419 bits per heavy atom. The summed E-state index contributed by atoms with van der Waals surface area (Å²) in [6.45, 7) is 7.07. The van der Waals surface area contributed by atoms with Crippen LogP contribution in [0.3, 0.4) is 0 Å². The topological polar surface area (TPSA) is 21.7 Å². The SMILES string of the molecule is CC1(C)c2ccccc2-c2cccc(N(c3ccc(-c4ccccc4)cc3)c3ccc(C(C)(c4ccccc4)c4ccc5c(c4-c4ccccc4)Oc4ccccc4O5)cc3)c21. The summed E-state index contributed by atoms with van der Waals surface area (Å²) in [6.07, 6.45) is 0. The van der Waals surface area contributed by atoms with Crippen molar-refractivity contribution in [3.05, 3.63) is 246 Å². The van der Waals surface area contributed by atoms with Crippen LogP contribution in [0.25, 0.3) is 33.4 Å². The van der Waals surface area contributed by atoms with Gasteiger partial charge in [-0.3, -0.25) is 0 Å². The number of hydrogen-bond donors (Lipinski definition) is 0. The van der Waals surface area contributed by atoms with E-state index < -0.39 is 5.41 Å². The fourth-order valence-electron chi connectivity index (χ4n) is 9.96. The molecule has 9 aromatic carbocycles. The molecule has 0 saturated carbocycles. The molecule has 0 saturated heterocycles. The zero-order valence-electron chi connectivity index (χ0n) is 35.0. The Kier molecular flexibility index (Phi) is 8.94. The largest absolute Gasteiger partial charge is 0.449 e. The third-order valence-corrected chi connectivity index (χ3v) is 13.1. The number of fused-ring (bicyclic) bond motifs is 5. The second-order valence-corrected chi connectivity index (χ2v) is 17.0. The van der Waals surface area contributed by atoms with Gasteiger partial charge >= 0.3 is 0 Å². The van der Waals surface area contributed by atoms with E-state index in [9.17, 15) is 0 Å². The van der Waals surface area contributed by atoms with E-state index in [2.05, 4.69) is 220 Å². The van der Waals surface area contributed by atoms with E-state index in [-0.39, 0.29) is 5.41 Å². The number of para-hydroxylation sites is 2. The molecule has 0 bridgehead atoms. The predicted molar refractivity (Wildman–Crippen MR) is 255 cm³/mol. The van der Waals surface area contributed by atoms with Gasteiger partial charge in [-0.2, -0.15) is 0 Å². The standard InChI is InChI=1S/C59H45NO2/c1-58(2)49-26-14-13-24-47(49)48-25-17-27-51(56(48)58)60(45-34-30-41(31-35-45)40-18-7-4-8-19-40)46-36-32-44(33-37-46)59(3,43-22-11-6-12-23-43)50-38-39-54-57(55(50)42-20-9-5-10-21-42)62-53-29-16-15-28-52(53)61-54/h4-39H,1-3H3. The molecule has 62 heavy (non-hydrogen) atoms. The summed E-state index contributed by atoms with van der Waals surface area (Å²) in [6, 6.07) is 78.1. The van der Waals surface area contributed by atoms with Crippen LogP contribution in [0.2, 0.25) is 0 Å². The summed E-state index contributed by atoms with van der Waals surface area (Å²) in [7, 11) is 0. The summed E-state index contributed by atoms with van der Waals surface area (Å²) in [5, 5.41) is 0. The summed E-state index contributed by atoms with van der Waals surface area (Å²) in [5.74, 6) is 2.84. The van der Waals surface area contributed by atoms with E-state index in [4.69, 9.17) is 9.47 Å². The molecule has 0 radical (unpaired) electrons. The molecule has 3 heteroatoms. The van der Waals surface area contributed by atoms with Crippen LogP contribution in [0.4, 0.5) is 17.1 Å². The Hall–Kier alpha value is -7.62. The van der Waals surface area contributed by atoms with Crippen molar-refractivity contribution < 1.29 is 9.47 Å². The normalized spacial score (nSPS) is 13.9. The molecule has 3 nitrogen and oxygen atoms in total. The van der Waals surface area contributed by atoms with Crippen LogP contribution < -0.4 is 14.4 Å². The van der Waals surface area contributed by atoms with Crippen molar-refractivity contribution in [3.63, 3.8) is 0 Å². The van der Waals surface area contributed by atoms with Gasteiger partial charge in [0, 0.05) is 27.8 Å². The van der Waals surface area contributed by atoms with Gasteiger partial charge in [-0.05, 0) is 111 Å². The molecule has 0 fully saturated rings. The molecule has 0 aromatic heterocycles. The van der Waals surface area contributed by atoms with E-state index in [1.54, 1.807) is 0 Å². The molecule has 2 aliphatic rings. The lowest BCUT2D eigenvalue weighted by atomic mass is 9.68. The zero-order valence-corrected chi connectivity index (χ0v) is 35.0. The molecule has 0 spiro atoms. The molecular weight excluding hydrogens is 755 g/mol. The van der Waals surface area contributed by atoms with Crippen LogP contribution in [0.5, 0.6) is 23.0 Å². The lowest BCUT2D eigenvalue weighted by molar-refractivity contribution is 0.360. The van der Waals surface area contributed by atoms with Gasteiger partial charge in [0.05, 0.1) is 5.69 Å². The summed E-state index contributed by atoms with van der Waals surface area (Å²) < 4.78 is 13.3. The van der Waals surface area contributed by atoms with Gasteiger partial charge in [0.1, 0.15) is 0 Å². The molecule has 298 valence electrons. The van der Waals surface area contributed by atoms with Crippen molar-refractivity contribution >= 4 is 17.1 Å². The highest BCUT2D eigenvalue weighted by Gasteiger charge is 2.40. The first-order valence-corrected chi connectivity index (χ1v) is 21.4. The van der Waals surface area contributed by atoms with Gasteiger partial charge in [-0.25, -0.2) is 0 Å².